The van der Waals surface area contributed by atoms with Crippen LogP contribution in [0, 0.1) is 6.92 Å². The second-order valence-electron chi connectivity index (χ2n) is 9.93. The molecule has 1 atom stereocenters. The van der Waals surface area contributed by atoms with E-state index in [9.17, 15) is 13.2 Å². The zero-order valence-electron chi connectivity index (χ0n) is 21.3. The molecule has 3 aromatic rings. The molecule has 1 unspecified atom stereocenters. The first kappa shape index (κ1) is 25.4. The normalized spacial score (nSPS) is 16.5. The fraction of sp³-hybridized carbons (Fsp3) is 0.333. The van der Waals surface area contributed by atoms with E-state index in [-0.39, 0.29) is 12.5 Å². The Hall–Kier alpha value is -3.29. The molecule has 0 saturated carbocycles. The molecule has 1 aliphatic heterocycles. The van der Waals surface area contributed by atoms with Crippen molar-refractivity contribution in [3.63, 3.8) is 0 Å². The summed E-state index contributed by atoms with van der Waals surface area (Å²) in [5.41, 5.74) is 9.47. The number of rotatable bonds is 5. The number of benzene rings is 2. The Kier molecular flexibility index (Phi) is 7.26. The van der Waals surface area contributed by atoms with Crippen LogP contribution in [-0.4, -0.2) is 50.2 Å². The van der Waals surface area contributed by atoms with Crippen LogP contribution in [-0.2, 0) is 31.9 Å². The maximum absolute atomic E-state index is 13.6. The van der Waals surface area contributed by atoms with Crippen molar-refractivity contribution in [3.8, 4) is 0 Å². The van der Waals surface area contributed by atoms with E-state index in [0.29, 0.717) is 13.1 Å². The van der Waals surface area contributed by atoms with Crippen molar-refractivity contribution in [2.75, 3.05) is 26.0 Å². The number of aromatic nitrogens is 1. The summed E-state index contributed by atoms with van der Waals surface area (Å²) < 4.78 is 28.4. The van der Waals surface area contributed by atoms with Gasteiger partial charge in [-0.25, -0.2) is 0 Å². The molecular weight excluding hydrogens is 484 g/mol. The van der Waals surface area contributed by atoms with Crippen molar-refractivity contribution >= 4 is 21.6 Å². The first-order chi connectivity index (χ1) is 17.8. The quantitative estimate of drug-likeness (QED) is 0.461. The van der Waals surface area contributed by atoms with Gasteiger partial charge in [-0.15, -0.1) is 0 Å². The Balaban J connectivity index is 1.44. The van der Waals surface area contributed by atoms with Crippen LogP contribution in [0.15, 0.2) is 72.4 Å². The van der Waals surface area contributed by atoms with Gasteiger partial charge in [0.25, 0.3) is 10.1 Å². The van der Waals surface area contributed by atoms with E-state index in [1.54, 1.807) is 0 Å². The predicted octanol–water partition coefficient (Wildman–Crippen LogP) is 4.67. The number of fused-ring (bicyclic) bond motifs is 2. The maximum atomic E-state index is 13.6. The Labute approximate surface area is 219 Å². The zero-order chi connectivity index (χ0) is 26.0. The summed E-state index contributed by atoms with van der Waals surface area (Å²) in [5, 5.41) is 0. The van der Waals surface area contributed by atoms with Crippen LogP contribution in [0.25, 0.3) is 5.57 Å². The molecule has 1 amide bonds. The lowest BCUT2D eigenvalue weighted by atomic mass is 9.87. The third-order valence-electron chi connectivity index (χ3n) is 7.30. The lowest BCUT2D eigenvalue weighted by molar-refractivity contribution is -0.133. The third kappa shape index (κ3) is 5.68. The smallest absolute Gasteiger partial charge is 0.264 e. The highest BCUT2D eigenvalue weighted by molar-refractivity contribution is 7.85. The molecule has 0 bridgehead atoms. The number of nitrogens with zero attached hydrogens (tertiary/aromatic N) is 2. The number of aryl methyl sites for hydroxylation is 3. The van der Waals surface area contributed by atoms with E-state index in [2.05, 4.69) is 31.2 Å². The van der Waals surface area contributed by atoms with Gasteiger partial charge in [-0.3, -0.25) is 14.0 Å². The largest absolute Gasteiger partial charge is 0.341 e. The maximum Gasteiger partial charge on any atom is 0.264 e. The summed E-state index contributed by atoms with van der Waals surface area (Å²) in [6.07, 6.45) is 6.31. The number of hydrogen-bond donors (Lipinski definition) is 0. The fourth-order valence-electron chi connectivity index (χ4n) is 5.45. The van der Waals surface area contributed by atoms with Crippen LogP contribution in [0.4, 0.5) is 0 Å². The Morgan fingerprint density at radius 2 is 1.70 bits per heavy atom. The molecule has 0 spiro atoms. The number of carbonyl (C=O) groups is 1. The average Bonchev–Trinajstić information content (AvgIpc) is 3.05. The van der Waals surface area contributed by atoms with E-state index in [4.69, 9.17) is 9.17 Å². The third-order valence-corrected chi connectivity index (χ3v) is 7.87. The molecule has 2 aliphatic rings. The molecule has 0 radical (unpaired) electrons. The molecule has 37 heavy (non-hydrogen) atoms. The Morgan fingerprint density at radius 1 is 0.973 bits per heavy atom. The number of pyridine rings is 1. The summed E-state index contributed by atoms with van der Waals surface area (Å²) in [7, 11) is -3.66. The van der Waals surface area contributed by atoms with Crippen molar-refractivity contribution < 1.29 is 17.4 Å². The van der Waals surface area contributed by atoms with Gasteiger partial charge in [0.15, 0.2) is 0 Å². The summed E-state index contributed by atoms with van der Waals surface area (Å²) in [6.45, 7) is 3.08. The highest BCUT2D eigenvalue weighted by Crippen LogP contribution is 2.38. The number of carbonyl (C=O) groups excluding carboxylic acids is 1. The van der Waals surface area contributed by atoms with Gasteiger partial charge in [-0.05, 0) is 60.9 Å². The highest BCUT2D eigenvalue weighted by atomic mass is 32.2. The van der Waals surface area contributed by atoms with Crippen molar-refractivity contribution in [2.24, 2.45) is 0 Å². The molecule has 6 nitrogen and oxygen atoms in total. The van der Waals surface area contributed by atoms with Crippen molar-refractivity contribution in [2.45, 2.75) is 38.5 Å². The van der Waals surface area contributed by atoms with Crippen LogP contribution in [0.2, 0.25) is 0 Å². The van der Waals surface area contributed by atoms with E-state index in [0.717, 1.165) is 43.2 Å². The molecule has 1 fully saturated rings. The number of hydrogen-bond acceptors (Lipinski definition) is 5. The Morgan fingerprint density at radius 3 is 2.43 bits per heavy atom. The van der Waals surface area contributed by atoms with Gasteiger partial charge >= 0.3 is 0 Å². The molecule has 1 aliphatic carbocycles. The van der Waals surface area contributed by atoms with Crippen molar-refractivity contribution in [1.82, 2.24) is 9.88 Å². The van der Waals surface area contributed by atoms with Gasteiger partial charge in [0.1, 0.15) is 0 Å². The highest BCUT2D eigenvalue weighted by Gasteiger charge is 2.31. The van der Waals surface area contributed by atoms with E-state index < -0.39 is 16.0 Å². The molecule has 1 saturated heterocycles. The Bertz CT molecular complexity index is 1440. The van der Waals surface area contributed by atoms with E-state index >= 15 is 0 Å². The van der Waals surface area contributed by atoms with Crippen LogP contribution in [0.3, 0.4) is 0 Å². The monoisotopic (exact) mass is 516 g/mol. The minimum Gasteiger partial charge on any atom is -0.341 e. The van der Waals surface area contributed by atoms with Crippen LogP contribution in [0.1, 0.15) is 52.3 Å². The van der Waals surface area contributed by atoms with Gasteiger partial charge in [0.05, 0.1) is 24.5 Å². The first-order valence-electron chi connectivity index (χ1n) is 12.7. The van der Waals surface area contributed by atoms with Gasteiger partial charge in [-0.1, -0.05) is 65.7 Å². The molecule has 5 rings (SSSR count). The minimum atomic E-state index is -3.66. The van der Waals surface area contributed by atoms with Gasteiger partial charge in [0, 0.05) is 24.9 Å². The second-order valence-corrected chi connectivity index (χ2v) is 11.6. The number of amides is 1. The van der Waals surface area contributed by atoms with Gasteiger partial charge in [0.2, 0.25) is 5.91 Å². The number of piperidine rings is 1. The SMILES string of the molecule is Cc1ccc2c(c1)CCc1cccnc1C2=C1CCN(C(=O)C(COS(C)(=O)=O)c2ccccc2)CC1. The van der Waals surface area contributed by atoms with Crippen LogP contribution < -0.4 is 0 Å². The minimum absolute atomic E-state index is 0.102. The van der Waals surface area contributed by atoms with Crippen LogP contribution in [0.5, 0.6) is 0 Å². The van der Waals surface area contributed by atoms with Crippen molar-refractivity contribution in [3.05, 3.63) is 106 Å². The van der Waals surface area contributed by atoms with Gasteiger partial charge in [-0.2, -0.15) is 8.42 Å². The lowest BCUT2D eigenvalue weighted by Gasteiger charge is -2.33. The van der Waals surface area contributed by atoms with Gasteiger partial charge < -0.3 is 4.90 Å². The molecule has 0 N–H and O–H groups in total. The summed E-state index contributed by atoms with van der Waals surface area (Å²) in [4.78, 5) is 20.3. The number of likely N-dealkylation sites (tertiary alicyclic amines) is 1. The first-order valence-corrected chi connectivity index (χ1v) is 14.6. The van der Waals surface area contributed by atoms with E-state index in [1.807, 2.05) is 47.5 Å². The molecule has 192 valence electrons. The molecule has 7 heteroatoms. The fourth-order valence-corrected chi connectivity index (χ4v) is 5.83. The zero-order valence-corrected chi connectivity index (χ0v) is 22.1. The van der Waals surface area contributed by atoms with Crippen LogP contribution >= 0.6 is 0 Å². The lowest BCUT2D eigenvalue weighted by Crippen LogP contribution is -2.41. The molecule has 2 aromatic carbocycles. The topological polar surface area (TPSA) is 76.6 Å². The predicted molar refractivity (Wildman–Crippen MR) is 145 cm³/mol. The van der Waals surface area contributed by atoms with E-state index in [1.165, 1.54) is 33.4 Å². The summed E-state index contributed by atoms with van der Waals surface area (Å²) in [6, 6.07) is 20.1. The molecule has 1 aromatic heterocycles. The standard InChI is InChI=1S/C30H32N2O4S/c1-21-10-13-26-25(19-21)12-11-24-9-6-16-31-29(24)28(26)23-14-17-32(18-15-23)30(33)27(20-36-37(2,34)35)22-7-4-3-5-8-22/h3-10,13,16,19,27H,11-12,14-15,17-18,20H2,1-2H3. The second kappa shape index (κ2) is 10.6. The molecule has 2 heterocycles. The average molecular weight is 517 g/mol. The molecular formula is C30H32N2O4S. The summed E-state index contributed by atoms with van der Waals surface area (Å²) in [5.74, 6) is -0.775. The summed E-state index contributed by atoms with van der Waals surface area (Å²) >= 11 is 0. The van der Waals surface area contributed by atoms with Crippen molar-refractivity contribution in [1.29, 1.82) is 0 Å².